The van der Waals surface area contributed by atoms with Gasteiger partial charge in [0.2, 0.25) is 0 Å². The average molecular weight is 412 g/mol. The molecule has 0 heterocycles. The van der Waals surface area contributed by atoms with Crippen LogP contribution < -0.4 is 0 Å². The predicted molar refractivity (Wildman–Crippen MR) is 80.3 cm³/mol. The molecule has 0 bridgehead atoms. The summed E-state index contributed by atoms with van der Waals surface area (Å²) in [7, 11) is 0. The highest BCUT2D eigenvalue weighted by molar-refractivity contribution is 14.1. The summed E-state index contributed by atoms with van der Waals surface area (Å²) in [6, 6.07) is 0. The number of alkyl halides is 5. The van der Waals surface area contributed by atoms with Gasteiger partial charge in [-0.1, -0.05) is 51.9 Å². The molecule has 0 aromatic rings. The van der Waals surface area contributed by atoms with Crippen molar-refractivity contribution in [3.63, 3.8) is 0 Å². The van der Waals surface area contributed by atoms with Crippen molar-refractivity contribution in [1.29, 1.82) is 0 Å². The van der Waals surface area contributed by atoms with Crippen LogP contribution in [0, 0.1) is 0 Å². The molecule has 0 saturated heterocycles. The van der Waals surface area contributed by atoms with Gasteiger partial charge in [-0.25, -0.2) is 0 Å². The molecule has 0 nitrogen and oxygen atoms in total. The second kappa shape index (κ2) is 9.95. The van der Waals surface area contributed by atoms with Gasteiger partial charge in [0.25, 0.3) is 0 Å². The lowest BCUT2D eigenvalue weighted by Gasteiger charge is -2.16. The van der Waals surface area contributed by atoms with Crippen LogP contribution in [0.4, 0.5) is 22.0 Å². The summed E-state index contributed by atoms with van der Waals surface area (Å²) in [6.07, 6.45) is 3.31. The minimum Gasteiger partial charge on any atom is -0.191 e. The van der Waals surface area contributed by atoms with E-state index in [0.29, 0.717) is 12.8 Å². The Bertz CT molecular complexity index is 284. The Morgan fingerprint density at radius 3 is 1.75 bits per heavy atom. The molecule has 6 heteroatoms. The van der Waals surface area contributed by atoms with Gasteiger partial charge in [0, 0.05) is 6.08 Å². The first kappa shape index (κ1) is 20.1. The Hall–Kier alpha value is 0.120. The number of hydrogen-bond donors (Lipinski definition) is 0. The van der Waals surface area contributed by atoms with Crippen molar-refractivity contribution >= 4 is 22.6 Å². The highest BCUT2D eigenvalue weighted by Gasteiger charge is 2.55. The van der Waals surface area contributed by atoms with Gasteiger partial charge < -0.3 is 0 Å². The summed E-state index contributed by atoms with van der Waals surface area (Å²) < 4.78 is 61.5. The van der Waals surface area contributed by atoms with Crippen molar-refractivity contribution in [2.24, 2.45) is 0 Å². The molecule has 0 amide bonds. The molecule has 0 saturated carbocycles. The van der Waals surface area contributed by atoms with Crippen LogP contribution in [-0.2, 0) is 0 Å². The van der Waals surface area contributed by atoms with Gasteiger partial charge in [-0.2, -0.15) is 22.0 Å². The minimum absolute atomic E-state index is 0.0365. The molecular weight excluding hydrogens is 390 g/mol. The lowest BCUT2D eigenvalue weighted by atomic mass is 10.1. The van der Waals surface area contributed by atoms with Gasteiger partial charge in [0.1, 0.15) is 0 Å². The van der Waals surface area contributed by atoms with E-state index < -0.39 is 12.1 Å². The maximum absolute atomic E-state index is 12.7. The van der Waals surface area contributed by atoms with E-state index in [9.17, 15) is 22.0 Å². The number of allylic oxidation sites excluding steroid dienone is 2. The smallest absolute Gasteiger partial charge is 0.191 e. The Kier molecular flexibility index (Phi) is 10.0. The fourth-order valence-corrected chi connectivity index (χ4v) is 2.55. The van der Waals surface area contributed by atoms with E-state index in [-0.39, 0.29) is 9.66 Å². The molecule has 120 valence electrons. The molecule has 0 fully saturated rings. The predicted octanol–water partition coefficient (Wildman–Crippen LogP) is 7.03. The minimum atomic E-state index is -5.50. The van der Waals surface area contributed by atoms with E-state index in [1.165, 1.54) is 25.7 Å². The van der Waals surface area contributed by atoms with Crippen LogP contribution in [0.1, 0.15) is 64.7 Å². The number of unbranched alkanes of at least 4 members (excludes halogenated alkanes) is 7. The Labute approximate surface area is 131 Å². The van der Waals surface area contributed by atoms with E-state index in [1.807, 2.05) is 0 Å². The summed E-state index contributed by atoms with van der Waals surface area (Å²) in [5.41, 5.74) is 0. The van der Waals surface area contributed by atoms with Gasteiger partial charge in [-0.15, -0.1) is 0 Å². The van der Waals surface area contributed by atoms with Crippen LogP contribution in [0.25, 0.3) is 0 Å². The fourth-order valence-electron chi connectivity index (χ4n) is 1.78. The quantitative estimate of drug-likeness (QED) is 0.205. The lowest BCUT2D eigenvalue weighted by molar-refractivity contribution is -0.259. The molecular formula is C14H22F5I. The molecule has 0 spiro atoms. The van der Waals surface area contributed by atoms with E-state index in [4.69, 9.17) is 0 Å². The summed E-state index contributed by atoms with van der Waals surface area (Å²) >= 11 is 1.57. The molecule has 20 heavy (non-hydrogen) atoms. The van der Waals surface area contributed by atoms with E-state index in [1.54, 1.807) is 22.6 Å². The molecule has 0 unspecified atom stereocenters. The maximum atomic E-state index is 12.7. The van der Waals surface area contributed by atoms with Crippen molar-refractivity contribution in [2.45, 2.75) is 76.8 Å². The zero-order chi connectivity index (χ0) is 15.6. The van der Waals surface area contributed by atoms with Crippen molar-refractivity contribution < 1.29 is 22.0 Å². The maximum Gasteiger partial charge on any atom is 0.457 e. The molecule has 0 N–H and O–H groups in total. The van der Waals surface area contributed by atoms with E-state index >= 15 is 0 Å². The van der Waals surface area contributed by atoms with Crippen LogP contribution >= 0.6 is 22.6 Å². The first-order valence-corrected chi connectivity index (χ1v) is 8.10. The fraction of sp³-hybridized carbons (Fsp3) is 0.857. The molecule has 0 aromatic carbocycles. The average Bonchev–Trinajstić information content (AvgIpc) is 2.30. The second-order valence-corrected chi connectivity index (χ2v) is 6.32. The zero-order valence-electron chi connectivity index (χ0n) is 11.7. The Morgan fingerprint density at radius 2 is 1.30 bits per heavy atom. The van der Waals surface area contributed by atoms with E-state index in [0.717, 1.165) is 19.3 Å². The second-order valence-electron chi connectivity index (χ2n) is 4.94. The SMILES string of the molecule is CCCCCCCCCCC(I)=CC(F)(F)C(F)(F)F. The van der Waals surface area contributed by atoms with Gasteiger partial charge >= 0.3 is 12.1 Å². The lowest BCUT2D eigenvalue weighted by Crippen LogP contribution is -2.34. The molecule has 0 radical (unpaired) electrons. The number of halogens is 6. The molecule has 0 aliphatic carbocycles. The van der Waals surface area contributed by atoms with Crippen LogP contribution in [0.2, 0.25) is 0 Å². The summed E-state index contributed by atoms with van der Waals surface area (Å²) in [5, 5.41) is 0. The molecule has 0 atom stereocenters. The van der Waals surface area contributed by atoms with Crippen LogP contribution in [0.3, 0.4) is 0 Å². The number of rotatable bonds is 10. The molecule has 0 aliphatic heterocycles. The normalized spacial score (nSPS) is 13.8. The first-order valence-electron chi connectivity index (χ1n) is 7.02. The van der Waals surface area contributed by atoms with Gasteiger partial charge in [-0.05, 0) is 39.0 Å². The van der Waals surface area contributed by atoms with Gasteiger partial charge in [0.15, 0.2) is 0 Å². The van der Waals surface area contributed by atoms with Crippen molar-refractivity contribution in [3.8, 4) is 0 Å². The van der Waals surface area contributed by atoms with Crippen LogP contribution in [-0.4, -0.2) is 12.1 Å². The van der Waals surface area contributed by atoms with Gasteiger partial charge in [-0.3, -0.25) is 0 Å². The van der Waals surface area contributed by atoms with Gasteiger partial charge in [0.05, 0.1) is 0 Å². The first-order chi connectivity index (χ1) is 9.20. The summed E-state index contributed by atoms with van der Waals surface area (Å²) in [4.78, 5) is 0. The van der Waals surface area contributed by atoms with Crippen molar-refractivity contribution in [3.05, 3.63) is 9.66 Å². The van der Waals surface area contributed by atoms with E-state index in [2.05, 4.69) is 6.92 Å². The highest BCUT2D eigenvalue weighted by atomic mass is 127. The summed E-state index contributed by atoms with van der Waals surface area (Å²) in [5.74, 6) is -4.72. The standard InChI is InChI=1S/C14H22F5I/c1-2-3-4-5-6-7-8-9-10-12(20)11-13(15,16)14(17,18)19/h11H,2-10H2,1H3. The Morgan fingerprint density at radius 1 is 0.850 bits per heavy atom. The summed E-state index contributed by atoms with van der Waals surface area (Å²) in [6.45, 7) is 2.14. The van der Waals surface area contributed by atoms with Crippen LogP contribution in [0.15, 0.2) is 9.66 Å². The topological polar surface area (TPSA) is 0 Å². The third-order valence-corrected chi connectivity index (χ3v) is 3.84. The number of hydrogen-bond acceptors (Lipinski definition) is 0. The third kappa shape index (κ3) is 9.13. The van der Waals surface area contributed by atoms with Crippen molar-refractivity contribution in [1.82, 2.24) is 0 Å². The molecule has 0 rings (SSSR count). The molecule has 0 aromatic heterocycles. The zero-order valence-corrected chi connectivity index (χ0v) is 13.9. The Balaban J connectivity index is 3.81. The molecule has 0 aliphatic rings. The van der Waals surface area contributed by atoms with Crippen molar-refractivity contribution in [2.75, 3.05) is 0 Å². The monoisotopic (exact) mass is 412 g/mol. The highest BCUT2D eigenvalue weighted by Crippen LogP contribution is 2.38. The third-order valence-electron chi connectivity index (χ3n) is 2.99. The largest absolute Gasteiger partial charge is 0.457 e. The van der Waals surface area contributed by atoms with Crippen LogP contribution in [0.5, 0.6) is 0 Å².